The molecule has 5 heterocycles. The maximum atomic E-state index is 11.3. The number of urea groups is 1. The lowest BCUT2D eigenvalue weighted by atomic mass is 9.97. The van der Waals surface area contributed by atoms with Crippen LogP contribution in [0.15, 0.2) is 24.4 Å². The average molecular weight is 454 g/mol. The summed E-state index contributed by atoms with van der Waals surface area (Å²) in [6.45, 7) is 4.84. The van der Waals surface area contributed by atoms with E-state index in [0.717, 1.165) is 16.6 Å². The van der Waals surface area contributed by atoms with Gasteiger partial charge in [0.15, 0.2) is 5.82 Å². The van der Waals surface area contributed by atoms with Crippen molar-refractivity contribution in [1.29, 1.82) is 0 Å². The first kappa shape index (κ1) is 21.6. The molecule has 2 aliphatic rings. The number of nitrogens with two attached hydrogens (primary N) is 1. The van der Waals surface area contributed by atoms with Crippen LogP contribution in [-0.4, -0.2) is 65.9 Å². The zero-order valence-electron chi connectivity index (χ0n) is 18.5. The number of aromatic nitrogens is 4. The molecule has 5 rings (SSSR count). The molecule has 2 fully saturated rings. The van der Waals surface area contributed by atoms with Gasteiger partial charge in [-0.3, -0.25) is 5.32 Å². The van der Waals surface area contributed by atoms with E-state index in [-0.39, 0.29) is 0 Å². The molecule has 11 nitrogen and oxygen atoms in total. The number of pyridine rings is 2. The van der Waals surface area contributed by atoms with E-state index in [9.17, 15) is 4.79 Å². The standard InChI is InChI=1S/C22H26N6O5/c1-13-16-8-24-19(26-21(23)29)7-17(16)28(27-13)20-6-15(33-11-14-9-32-10-14)5-18(25-20)22(30-2)3-4-31-12-22/h5-8,14H,3-4,9-12H2,1-2H3,(H3,23,24,26,29)/t22-/m1/s1. The normalized spacial score (nSPS) is 20.7. The van der Waals surface area contributed by atoms with Crippen molar-refractivity contribution in [1.82, 2.24) is 19.7 Å². The highest BCUT2D eigenvalue weighted by molar-refractivity contribution is 5.90. The quantitative estimate of drug-likeness (QED) is 0.553. The van der Waals surface area contributed by atoms with Crippen LogP contribution in [-0.2, 0) is 19.8 Å². The third kappa shape index (κ3) is 4.10. The highest BCUT2D eigenvalue weighted by Gasteiger charge is 2.39. The summed E-state index contributed by atoms with van der Waals surface area (Å²) in [5, 5.41) is 8.02. The predicted molar refractivity (Wildman–Crippen MR) is 119 cm³/mol. The Bertz CT molecular complexity index is 1190. The molecule has 0 aliphatic carbocycles. The minimum atomic E-state index is -0.691. The maximum absolute atomic E-state index is 11.3. The fourth-order valence-corrected chi connectivity index (χ4v) is 4.05. The van der Waals surface area contributed by atoms with Crippen molar-refractivity contribution in [3.8, 4) is 11.6 Å². The van der Waals surface area contributed by atoms with E-state index in [4.69, 9.17) is 29.7 Å². The van der Waals surface area contributed by atoms with Gasteiger partial charge in [-0.1, -0.05) is 0 Å². The summed E-state index contributed by atoms with van der Waals surface area (Å²) in [5.41, 5.74) is 6.81. The number of carbonyl (C=O) groups is 1. The number of carbonyl (C=O) groups excluding carboxylic acids is 1. The molecule has 174 valence electrons. The number of aryl methyl sites for hydroxylation is 1. The van der Waals surface area contributed by atoms with Gasteiger partial charge in [0.1, 0.15) is 17.2 Å². The number of nitrogens with zero attached hydrogens (tertiary/aromatic N) is 4. The third-order valence-electron chi connectivity index (χ3n) is 6.04. The fourth-order valence-electron chi connectivity index (χ4n) is 4.05. The van der Waals surface area contributed by atoms with Gasteiger partial charge in [-0.25, -0.2) is 19.4 Å². The lowest BCUT2D eigenvalue weighted by molar-refractivity contribution is -0.0510. The number of hydrogen-bond acceptors (Lipinski definition) is 8. The van der Waals surface area contributed by atoms with Gasteiger partial charge in [0.2, 0.25) is 0 Å². The molecule has 2 saturated heterocycles. The Morgan fingerprint density at radius 2 is 2.18 bits per heavy atom. The molecule has 0 saturated carbocycles. The molecule has 3 aromatic rings. The van der Waals surface area contributed by atoms with E-state index in [1.54, 1.807) is 24.1 Å². The fraction of sp³-hybridized carbons (Fsp3) is 0.455. The largest absolute Gasteiger partial charge is 0.493 e. The summed E-state index contributed by atoms with van der Waals surface area (Å²) in [6.07, 6.45) is 2.34. The smallest absolute Gasteiger partial charge is 0.317 e. The van der Waals surface area contributed by atoms with Crippen molar-refractivity contribution in [2.45, 2.75) is 18.9 Å². The topological polar surface area (TPSA) is 136 Å². The van der Waals surface area contributed by atoms with E-state index >= 15 is 0 Å². The van der Waals surface area contributed by atoms with E-state index in [2.05, 4.69) is 15.4 Å². The summed E-state index contributed by atoms with van der Waals surface area (Å²) < 4.78 is 24.6. The van der Waals surface area contributed by atoms with Crippen molar-refractivity contribution in [3.05, 3.63) is 35.8 Å². The van der Waals surface area contributed by atoms with Crippen LogP contribution in [0.2, 0.25) is 0 Å². The monoisotopic (exact) mass is 454 g/mol. The molecule has 3 aromatic heterocycles. The van der Waals surface area contributed by atoms with Gasteiger partial charge in [0, 0.05) is 55.8 Å². The molecule has 1 atom stereocenters. The first-order valence-corrected chi connectivity index (χ1v) is 10.8. The molecule has 2 amide bonds. The molecular weight excluding hydrogens is 428 g/mol. The van der Waals surface area contributed by atoms with Gasteiger partial charge in [0.05, 0.1) is 43.3 Å². The summed E-state index contributed by atoms with van der Waals surface area (Å²) in [7, 11) is 1.66. The molecule has 0 spiro atoms. The SMILES string of the molecule is CO[C@]1(c2cc(OCC3COC3)cc(-n3nc(C)c4cnc(NC(N)=O)cc43)n2)CCOC1. The van der Waals surface area contributed by atoms with Crippen LogP contribution < -0.4 is 15.8 Å². The lowest BCUT2D eigenvalue weighted by Crippen LogP contribution is -2.33. The number of rotatable bonds is 7. The average Bonchev–Trinajstić information content (AvgIpc) is 3.38. The summed E-state index contributed by atoms with van der Waals surface area (Å²) in [6, 6.07) is 4.77. The minimum Gasteiger partial charge on any atom is -0.493 e. The second kappa shape index (κ2) is 8.58. The van der Waals surface area contributed by atoms with E-state index in [0.29, 0.717) is 68.5 Å². The number of primary amides is 1. The molecule has 0 unspecified atom stereocenters. The Balaban J connectivity index is 1.60. The Morgan fingerprint density at radius 1 is 1.33 bits per heavy atom. The van der Waals surface area contributed by atoms with E-state index in [1.807, 2.05) is 19.1 Å². The van der Waals surface area contributed by atoms with Gasteiger partial charge in [0.25, 0.3) is 0 Å². The molecule has 33 heavy (non-hydrogen) atoms. The Labute approximate surface area is 190 Å². The molecular formula is C22H26N6O5. The number of ether oxygens (including phenoxy) is 4. The van der Waals surface area contributed by atoms with Crippen LogP contribution in [0.3, 0.4) is 0 Å². The Morgan fingerprint density at radius 3 is 2.85 bits per heavy atom. The molecule has 3 N–H and O–H groups in total. The lowest BCUT2D eigenvalue weighted by Gasteiger charge is -2.28. The highest BCUT2D eigenvalue weighted by atomic mass is 16.5. The number of anilines is 1. The Kier molecular flexibility index (Phi) is 5.60. The van der Waals surface area contributed by atoms with Crippen molar-refractivity contribution in [3.63, 3.8) is 0 Å². The molecule has 0 aromatic carbocycles. The zero-order chi connectivity index (χ0) is 23.0. The van der Waals surface area contributed by atoms with E-state index < -0.39 is 11.6 Å². The van der Waals surface area contributed by atoms with Gasteiger partial charge in [-0.15, -0.1) is 0 Å². The summed E-state index contributed by atoms with van der Waals surface area (Å²) >= 11 is 0. The first-order chi connectivity index (χ1) is 16.0. The third-order valence-corrected chi connectivity index (χ3v) is 6.04. The number of nitrogens with one attached hydrogen (secondary N) is 1. The number of amides is 2. The zero-order valence-corrected chi connectivity index (χ0v) is 18.5. The highest BCUT2D eigenvalue weighted by Crippen LogP contribution is 2.36. The molecule has 0 radical (unpaired) electrons. The van der Waals surface area contributed by atoms with Crippen LogP contribution in [0.25, 0.3) is 16.7 Å². The van der Waals surface area contributed by atoms with Crippen LogP contribution in [0.4, 0.5) is 10.6 Å². The van der Waals surface area contributed by atoms with Crippen molar-refractivity contribution in [2.75, 3.05) is 45.5 Å². The van der Waals surface area contributed by atoms with Crippen LogP contribution in [0, 0.1) is 12.8 Å². The minimum absolute atomic E-state index is 0.325. The van der Waals surface area contributed by atoms with Crippen molar-refractivity contribution >= 4 is 22.8 Å². The number of hydrogen-bond donors (Lipinski definition) is 2. The number of fused-ring (bicyclic) bond motifs is 1. The molecule has 2 aliphatic heterocycles. The van der Waals surface area contributed by atoms with Crippen molar-refractivity contribution in [2.24, 2.45) is 11.7 Å². The summed E-state index contributed by atoms with van der Waals surface area (Å²) in [4.78, 5) is 20.5. The van der Waals surface area contributed by atoms with Gasteiger partial charge >= 0.3 is 6.03 Å². The Hall–Kier alpha value is -3.28. The maximum Gasteiger partial charge on any atom is 0.317 e. The van der Waals surface area contributed by atoms with Crippen molar-refractivity contribution < 1.29 is 23.7 Å². The molecule has 11 heteroatoms. The summed E-state index contributed by atoms with van der Waals surface area (Å²) in [5.74, 6) is 1.92. The first-order valence-electron chi connectivity index (χ1n) is 10.8. The second-order valence-electron chi connectivity index (χ2n) is 8.33. The van der Waals surface area contributed by atoms with E-state index in [1.165, 1.54) is 0 Å². The number of methoxy groups -OCH3 is 1. The van der Waals surface area contributed by atoms with Gasteiger partial charge in [-0.2, -0.15) is 5.10 Å². The van der Waals surface area contributed by atoms with Crippen LogP contribution in [0.1, 0.15) is 17.8 Å². The second-order valence-corrected chi connectivity index (χ2v) is 8.33. The van der Waals surface area contributed by atoms with Crippen LogP contribution in [0.5, 0.6) is 5.75 Å². The predicted octanol–water partition coefficient (Wildman–Crippen LogP) is 1.90. The van der Waals surface area contributed by atoms with Crippen LogP contribution >= 0.6 is 0 Å². The van der Waals surface area contributed by atoms with Gasteiger partial charge in [-0.05, 0) is 6.92 Å². The molecule has 0 bridgehead atoms. The van der Waals surface area contributed by atoms with Gasteiger partial charge < -0.3 is 24.7 Å².